The smallest absolute Gasteiger partial charge is 0.273 e. The highest BCUT2D eigenvalue weighted by atomic mass is 32.1. The maximum atomic E-state index is 13.2. The second-order valence-electron chi connectivity index (χ2n) is 7.30. The van der Waals surface area contributed by atoms with Crippen molar-refractivity contribution < 1.29 is 4.79 Å². The summed E-state index contributed by atoms with van der Waals surface area (Å²) in [6.07, 6.45) is 9.65. The number of carbonyl (C=O) groups excluding carboxylic acids is 1. The van der Waals surface area contributed by atoms with Gasteiger partial charge in [0.1, 0.15) is 4.83 Å². The maximum absolute atomic E-state index is 13.2. The van der Waals surface area contributed by atoms with Crippen LogP contribution in [0.4, 0.5) is 5.69 Å². The van der Waals surface area contributed by atoms with Crippen molar-refractivity contribution in [3.05, 3.63) is 83.3 Å². The first kappa shape index (κ1) is 22.9. The Balaban J connectivity index is 2.05. The molecule has 6 nitrogen and oxygen atoms in total. The monoisotopic (exact) mass is 443 g/mol. The average Bonchev–Trinajstić information content (AvgIpc) is 3.23. The largest absolute Gasteiger partial charge is 0.377 e. The first-order valence-corrected chi connectivity index (χ1v) is 10.8. The molecule has 7 heteroatoms. The van der Waals surface area contributed by atoms with Crippen LogP contribution in [0.1, 0.15) is 23.5 Å². The van der Waals surface area contributed by atoms with E-state index < -0.39 is 0 Å². The summed E-state index contributed by atoms with van der Waals surface area (Å²) in [5.74, 6) is -0.273. The van der Waals surface area contributed by atoms with E-state index >= 15 is 0 Å². The van der Waals surface area contributed by atoms with E-state index in [1.165, 1.54) is 16.2 Å². The molecule has 0 aliphatic rings. The fraction of sp³-hybridized carbons (Fsp3) is 0.160. The van der Waals surface area contributed by atoms with E-state index in [9.17, 15) is 4.79 Å². The number of hydrogen-bond acceptors (Lipinski definition) is 6. The number of fused-ring (bicyclic) bond motifs is 1. The van der Waals surface area contributed by atoms with Gasteiger partial charge in [0.15, 0.2) is 0 Å². The molecule has 0 radical (unpaired) electrons. The highest BCUT2D eigenvalue weighted by molar-refractivity contribution is 7.20. The Hall–Kier alpha value is -3.80. The van der Waals surface area contributed by atoms with Gasteiger partial charge in [-0.15, -0.1) is 17.1 Å². The van der Waals surface area contributed by atoms with Gasteiger partial charge in [-0.3, -0.25) is 20.1 Å². The number of nitrogens with one attached hydrogen (secondary N) is 1. The third-order valence-corrected chi connectivity index (χ3v) is 5.84. The molecule has 1 amide bonds. The Bertz CT molecular complexity index is 1260. The van der Waals surface area contributed by atoms with Gasteiger partial charge in [-0.2, -0.15) is 0 Å². The van der Waals surface area contributed by atoms with Crippen molar-refractivity contribution in [1.29, 1.82) is 5.41 Å². The molecule has 0 bridgehead atoms. The normalized spacial score (nSPS) is 10.9. The summed E-state index contributed by atoms with van der Waals surface area (Å²) in [5.41, 5.74) is 7.30. The molecule has 32 heavy (non-hydrogen) atoms. The van der Waals surface area contributed by atoms with Crippen molar-refractivity contribution >= 4 is 39.5 Å². The molecule has 3 rings (SSSR count). The topological polar surface area (TPSA) is 73.2 Å². The molecular weight excluding hydrogens is 418 g/mol. The second kappa shape index (κ2) is 10.0. The number of hydrogen-bond donors (Lipinski definition) is 1. The number of allylic oxidation sites excluding steroid dienone is 4. The summed E-state index contributed by atoms with van der Waals surface area (Å²) in [6, 6.07) is 7.68. The van der Waals surface area contributed by atoms with Gasteiger partial charge in [-0.1, -0.05) is 12.7 Å². The summed E-state index contributed by atoms with van der Waals surface area (Å²) < 4.78 is 0. The van der Waals surface area contributed by atoms with Crippen LogP contribution in [-0.4, -0.2) is 41.2 Å². The number of thiophene rings is 1. The van der Waals surface area contributed by atoms with Crippen LogP contribution in [0.3, 0.4) is 0 Å². The molecule has 3 aromatic rings. The minimum atomic E-state index is -0.273. The molecule has 0 saturated carbocycles. The lowest BCUT2D eigenvalue weighted by Crippen LogP contribution is -2.26. The third kappa shape index (κ3) is 4.91. The Kier molecular flexibility index (Phi) is 7.15. The van der Waals surface area contributed by atoms with Gasteiger partial charge < -0.3 is 4.90 Å². The van der Waals surface area contributed by atoms with Gasteiger partial charge in [0.2, 0.25) is 0 Å². The standard InChI is InChI=1S/C25H25N5OS/c1-6-17(2)8-7-9-18(3)30(16-26)25(31)23-14-20-22(29(4)5)15-21(28-24(20)32-23)19-10-12-27-13-11-19/h6-7,9-16,26H,1H2,2-5H3/b18-9+,26-16?. The Morgan fingerprint density at radius 2 is 1.94 bits per heavy atom. The Morgan fingerprint density at radius 3 is 2.56 bits per heavy atom. The predicted molar refractivity (Wildman–Crippen MR) is 133 cm³/mol. The van der Waals surface area contributed by atoms with E-state index in [0.717, 1.165) is 39.1 Å². The second-order valence-corrected chi connectivity index (χ2v) is 8.33. The van der Waals surface area contributed by atoms with Gasteiger partial charge in [0, 0.05) is 48.8 Å². The molecule has 3 heterocycles. The summed E-state index contributed by atoms with van der Waals surface area (Å²) in [7, 11) is 3.93. The molecule has 3 aromatic heterocycles. The molecule has 1 N–H and O–H groups in total. The van der Waals surface area contributed by atoms with Crippen LogP contribution in [0.2, 0.25) is 0 Å². The molecule has 0 aliphatic carbocycles. The highest BCUT2D eigenvalue weighted by Crippen LogP contribution is 2.35. The Morgan fingerprint density at radius 1 is 1.22 bits per heavy atom. The van der Waals surface area contributed by atoms with E-state index in [0.29, 0.717) is 10.6 Å². The minimum Gasteiger partial charge on any atom is -0.377 e. The number of aromatic nitrogens is 2. The summed E-state index contributed by atoms with van der Waals surface area (Å²) in [5, 5.41) is 8.68. The first-order valence-electron chi connectivity index (χ1n) is 9.94. The number of pyridine rings is 2. The number of amides is 1. The molecule has 0 fully saturated rings. The van der Waals surface area contributed by atoms with Gasteiger partial charge in [-0.05, 0) is 55.8 Å². The molecule has 0 unspecified atom stereocenters. The molecule has 0 spiro atoms. The molecule has 0 atom stereocenters. The molecule has 0 aliphatic heterocycles. The van der Waals surface area contributed by atoms with E-state index in [-0.39, 0.29) is 5.91 Å². The average molecular weight is 444 g/mol. The van der Waals surface area contributed by atoms with Crippen LogP contribution in [0.25, 0.3) is 21.5 Å². The lowest BCUT2D eigenvalue weighted by atomic mass is 10.1. The van der Waals surface area contributed by atoms with Crippen molar-refractivity contribution in [3.8, 4) is 11.3 Å². The SMILES string of the molecule is C=CC(C)=C=C/C=C(\C)N(C=N)C(=O)c1cc2c(N(C)C)cc(-c3ccncc3)nc2s1. The molecular formula is C25H25N5OS. The van der Waals surface area contributed by atoms with E-state index in [4.69, 9.17) is 10.4 Å². The number of rotatable bonds is 7. The third-order valence-electron chi connectivity index (χ3n) is 4.82. The van der Waals surface area contributed by atoms with E-state index in [2.05, 4.69) is 17.3 Å². The molecule has 0 aromatic carbocycles. The van der Waals surface area contributed by atoms with E-state index in [1.807, 2.05) is 50.2 Å². The van der Waals surface area contributed by atoms with Crippen molar-refractivity contribution in [2.24, 2.45) is 0 Å². The lowest BCUT2D eigenvalue weighted by molar-refractivity contribution is 0.0886. The van der Waals surface area contributed by atoms with E-state index in [1.54, 1.807) is 37.5 Å². The fourth-order valence-corrected chi connectivity index (χ4v) is 4.00. The fourth-order valence-electron chi connectivity index (χ4n) is 3.02. The zero-order valence-electron chi connectivity index (χ0n) is 18.6. The van der Waals surface area contributed by atoms with Gasteiger partial charge in [-0.25, -0.2) is 4.98 Å². The Labute approximate surface area is 192 Å². The van der Waals surface area contributed by atoms with Crippen LogP contribution in [0.15, 0.2) is 78.5 Å². The van der Waals surface area contributed by atoms with Gasteiger partial charge >= 0.3 is 0 Å². The summed E-state index contributed by atoms with van der Waals surface area (Å²) in [6.45, 7) is 7.36. The zero-order chi connectivity index (χ0) is 23.3. The van der Waals surface area contributed by atoms with Crippen LogP contribution < -0.4 is 4.90 Å². The summed E-state index contributed by atoms with van der Waals surface area (Å²) in [4.78, 5) is 26.7. The quantitative estimate of drug-likeness (QED) is 0.221. The van der Waals surface area contributed by atoms with Crippen molar-refractivity contribution in [2.45, 2.75) is 13.8 Å². The van der Waals surface area contributed by atoms with Crippen LogP contribution in [0, 0.1) is 5.41 Å². The number of nitrogens with zero attached hydrogens (tertiary/aromatic N) is 4. The first-order chi connectivity index (χ1) is 15.3. The van der Waals surface area contributed by atoms with Crippen molar-refractivity contribution in [3.63, 3.8) is 0 Å². The minimum absolute atomic E-state index is 0.273. The molecule has 0 saturated heterocycles. The van der Waals surface area contributed by atoms with Crippen LogP contribution >= 0.6 is 11.3 Å². The number of carbonyl (C=O) groups is 1. The zero-order valence-corrected chi connectivity index (χ0v) is 19.4. The van der Waals surface area contributed by atoms with Crippen molar-refractivity contribution in [2.75, 3.05) is 19.0 Å². The van der Waals surface area contributed by atoms with Gasteiger partial charge in [0.25, 0.3) is 5.91 Å². The summed E-state index contributed by atoms with van der Waals surface area (Å²) >= 11 is 1.32. The molecule has 162 valence electrons. The maximum Gasteiger partial charge on any atom is 0.273 e. The highest BCUT2D eigenvalue weighted by Gasteiger charge is 2.21. The van der Waals surface area contributed by atoms with Crippen LogP contribution in [-0.2, 0) is 0 Å². The lowest BCUT2D eigenvalue weighted by Gasteiger charge is -2.16. The van der Waals surface area contributed by atoms with Crippen molar-refractivity contribution in [1.82, 2.24) is 14.9 Å². The van der Waals surface area contributed by atoms with Crippen LogP contribution in [0.5, 0.6) is 0 Å². The predicted octanol–water partition coefficient (Wildman–Crippen LogP) is 5.66. The number of anilines is 1. The van der Waals surface area contributed by atoms with Gasteiger partial charge in [0.05, 0.1) is 16.9 Å².